The van der Waals surface area contributed by atoms with Gasteiger partial charge >= 0.3 is 0 Å². The van der Waals surface area contributed by atoms with Crippen LogP contribution in [0.25, 0.3) is 10.2 Å². The van der Waals surface area contributed by atoms with Gasteiger partial charge in [0.05, 0.1) is 16.3 Å². The zero-order chi connectivity index (χ0) is 11.1. The van der Waals surface area contributed by atoms with Gasteiger partial charge in [-0.3, -0.25) is 0 Å². The second kappa shape index (κ2) is 3.74. The summed E-state index contributed by atoms with van der Waals surface area (Å²) in [5.41, 5.74) is 0.935. The summed E-state index contributed by atoms with van der Waals surface area (Å²) >= 11 is 7.80. The van der Waals surface area contributed by atoms with Gasteiger partial charge in [-0.25, -0.2) is 4.98 Å². The molecule has 0 aliphatic carbocycles. The van der Waals surface area contributed by atoms with Crippen LogP contribution in [0, 0.1) is 0 Å². The number of para-hydroxylation sites is 1. The van der Waals surface area contributed by atoms with Crippen LogP contribution in [-0.2, 0) is 4.87 Å². The molecule has 1 aromatic carbocycles. The SMILES string of the molecule is C[C@H](O)[C@](C)(Cl)c1nc2ccccc2s1. The van der Waals surface area contributed by atoms with Gasteiger partial charge in [-0.2, -0.15) is 0 Å². The maximum atomic E-state index is 9.59. The molecule has 2 rings (SSSR count). The monoisotopic (exact) mass is 241 g/mol. The van der Waals surface area contributed by atoms with Crippen molar-refractivity contribution in [1.29, 1.82) is 0 Å². The Morgan fingerprint density at radius 2 is 2.13 bits per heavy atom. The molecule has 2 atom stereocenters. The number of aliphatic hydroxyl groups excluding tert-OH is 1. The summed E-state index contributed by atoms with van der Waals surface area (Å²) in [6.07, 6.45) is -0.625. The first kappa shape index (κ1) is 10.9. The topological polar surface area (TPSA) is 33.1 Å². The Balaban J connectivity index is 2.53. The second-order valence-electron chi connectivity index (χ2n) is 3.74. The molecular formula is C11H12ClNOS. The molecular weight excluding hydrogens is 230 g/mol. The Morgan fingerprint density at radius 3 is 2.73 bits per heavy atom. The number of aliphatic hydroxyl groups is 1. The third-order valence-corrected chi connectivity index (χ3v) is 4.38. The van der Waals surface area contributed by atoms with Crippen LogP contribution in [0.5, 0.6) is 0 Å². The molecule has 0 fully saturated rings. The number of rotatable bonds is 2. The molecule has 80 valence electrons. The minimum Gasteiger partial charge on any atom is -0.391 e. The molecule has 0 saturated carbocycles. The summed E-state index contributed by atoms with van der Waals surface area (Å²) in [6, 6.07) is 7.87. The van der Waals surface area contributed by atoms with Crippen LogP contribution in [0.2, 0.25) is 0 Å². The largest absolute Gasteiger partial charge is 0.391 e. The van der Waals surface area contributed by atoms with Crippen molar-refractivity contribution in [3.05, 3.63) is 29.3 Å². The highest BCUT2D eigenvalue weighted by Crippen LogP contribution is 2.37. The Kier molecular flexibility index (Phi) is 2.71. The lowest BCUT2D eigenvalue weighted by molar-refractivity contribution is 0.150. The molecule has 1 N–H and O–H groups in total. The average Bonchev–Trinajstić information content (AvgIpc) is 2.61. The minimum absolute atomic E-state index is 0.625. The van der Waals surface area contributed by atoms with Crippen LogP contribution in [-0.4, -0.2) is 16.2 Å². The van der Waals surface area contributed by atoms with E-state index in [0.717, 1.165) is 15.2 Å². The van der Waals surface area contributed by atoms with Crippen LogP contribution >= 0.6 is 22.9 Å². The average molecular weight is 242 g/mol. The van der Waals surface area contributed by atoms with Gasteiger partial charge in [0.1, 0.15) is 9.88 Å². The molecule has 4 heteroatoms. The van der Waals surface area contributed by atoms with Crippen molar-refractivity contribution in [3.8, 4) is 0 Å². The fraction of sp³-hybridized carbons (Fsp3) is 0.364. The van der Waals surface area contributed by atoms with Crippen LogP contribution in [0.3, 0.4) is 0 Å². The molecule has 15 heavy (non-hydrogen) atoms. The Labute approximate surface area is 97.5 Å². The van der Waals surface area contributed by atoms with Gasteiger partial charge < -0.3 is 5.11 Å². The van der Waals surface area contributed by atoms with E-state index >= 15 is 0 Å². The molecule has 0 aliphatic rings. The van der Waals surface area contributed by atoms with E-state index in [1.54, 1.807) is 13.8 Å². The van der Waals surface area contributed by atoms with Crippen molar-refractivity contribution < 1.29 is 5.11 Å². The number of alkyl halides is 1. The first-order valence-electron chi connectivity index (χ1n) is 4.75. The third kappa shape index (κ3) is 1.87. The smallest absolute Gasteiger partial charge is 0.119 e. The highest BCUT2D eigenvalue weighted by Gasteiger charge is 2.32. The molecule has 0 saturated heterocycles. The summed E-state index contributed by atoms with van der Waals surface area (Å²) in [7, 11) is 0. The Hall–Kier alpha value is -0.640. The zero-order valence-electron chi connectivity index (χ0n) is 8.57. The van der Waals surface area contributed by atoms with Crippen molar-refractivity contribution in [2.75, 3.05) is 0 Å². The molecule has 0 spiro atoms. The number of thiazole rings is 1. The number of nitrogens with zero attached hydrogens (tertiary/aromatic N) is 1. The fourth-order valence-electron chi connectivity index (χ4n) is 1.26. The highest BCUT2D eigenvalue weighted by molar-refractivity contribution is 7.18. The normalized spacial score (nSPS) is 17.6. The Morgan fingerprint density at radius 1 is 1.47 bits per heavy atom. The van der Waals surface area contributed by atoms with Gasteiger partial charge in [-0.1, -0.05) is 12.1 Å². The van der Waals surface area contributed by atoms with E-state index < -0.39 is 11.0 Å². The van der Waals surface area contributed by atoms with Crippen molar-refractivity contribution in [2.24, 2.45) is 0 Å². The van der Waals surface area contributed by atoms with Gasteiger partial charge in [-0.15, -0.1) is 22.9 Å². The fourth-order valence-corrected chi connectivity index (χ4v) is 2.51. The van der Waals surface area contributed by atoms with E-state index in [1.807, 2.05) is 24.3 Å². The van der Waals surface area contributed by atoms with Gasteiger partial charge in [0.15, 0.2) is 0 Å². The first-order valence-corrected chi connectivity index (χ1v) is 5.94. The molecule has 0 amide bonds. The zero-order valence-corrected chi connectivity index (χ0v) is 10.1. The van der Waals surface area contributed by atoms with Gasteiger partial charge in [0.2, 0.25) is 0 Å². The lowest BCUT2D eigenvalue weighted by atomic mass is 10.1. The van der Waals surface area contributed by atoms with E-state index in [1.165, 1.54) is 11.3 Å². The minimum atomic E-state index is -0.802. The summed E-state index contributed by atoms with van der Waals surface area (Å²) < 4.78 is 1.10. The van der Waals surface area contributed by atoms with Crippen molar-refractivity contribution >= 4 is 33.2 Å². The number of benzene rings is 1. The maximum Gasteiger partial charge on any atom is 0.119 e. The molecule has 2 nitrogen and oxygen atoms in total. The molecule has 0 radical (unpaired) electrons. The van der Waals surface area contributed by atoms with E-state index in [4.69, 9.17) is 11.6 Å². The van der Waals surface area contributed by atoms with Gasteiger partial charge in [-0.05, 0) is 26.0 Å². The van der Waals surface area contributed by atoms with Crippen LogP contribution in [0.15, 0.2) is 24.3 Å². The van der Waals surface area contributed by atoms with E-state index in [-0.39, 0.29) is 0 Å². The third-order valence-electron chi connectivity index (χ3n) is 2.50. The predicted molar refractivity (Wildman–Crippen MR) is 64.5 cm³/mol. The number of fused-ring (bicyclic) bond motifs is 1. The highest BCUT2D eigenvalue weighted by atomic mass is 35.5. The Bertz CT molecular complexity index is 445. The summed E-state index contributed by atoms with van der Waals surface area (Å²) in [5, 5.41) is 10.4. The van der Waals surface area contributed by atoms with Crippen LogP contribution < -0.4 is 0 Å². The summed E-state index contributed by atoms with van der Waals surface area (Å²) in [5.74, 6) is 0. The van der Waals surface area contributed by atoms with Crippen LogP contribution in [0.4, 0.5) is 0 Å². The molecule has 0 bridgehead atoms. The van der Waals surface area contributed by atoms with Crippen LogP contribution in [0.1, 0.15) is 18.9 Å². The number of aromatic nitrogens is 1. The molecule has 0 aliphatic heterocycles. The van der Waals surface area contributed by atoms with Crippen molar-refractivity contribution in [3.63, 3.8) is 0 Å². The number of hydrogen-bond donors (Lipinski definition) is 1. The first-order chi connectivity index (χ1) is 7.01. The second-order valence-corrected chi connectivity index (χ2v) is 5.55. The molecule has 2 aromatic rings. The molecule has 1 heterocycles. The molecule has 1 aromatic heterocycles. The quantitative estimate of drug-likeness (QED) is 0.820. The summed E-state index contributed by atoms with van der Waals surface area (Å²) in [6.45, 7) is 3.47. The number of hydrogen-bond acceptors (Lipinski definition) is 3. The number of halogens is 1. The molecule has 0 unspecified atom stereocenters. The maximum absolute atomic E-state index is 9.59. The van der Waals surface area contributed by atoms with E-state index in [9.17, 15) is 5.11 Å². The summed E-state index contributed by atoms with van der Waals surface area (Å²) in [4.78, 5) is 3.63. The standard InChI is InChI=1S/C11H12ClNOS/c1-7(14)11(2,12)10-13-8-5-3-4-6-9(8)15-10/h3-7,14H,1-2H3/t7-,11-/m0/s1. The van der Waals surface area contributed by atoms with Crippen molar-refractivity contribution in [1.82, 2.24) is 4.98 Å². The predicted octanol–water partition coefficient (Wildman–Crippen LogP) is 3.13. The van der Waals surface area contributed by atoms with Crippen molar-refractivity contribution in [2.45, 2.75) is 24.8 Å². The van der Waals surface area contributed by atoms with E-state index in [0.29, 0.717) is 0 Å². The van der Waals surface area contributed by atoms with E-state index in [2.05, 4.69) is 4.98 Å². The lowest BCUT2D eigenvalue weighted by Gasteiger charge is -2.22. The lowest BCUT2D eigenvalue weighted by Crippen LogP contribution is -2.27. The van der Waals surface area contributed by atoms with Gasteiger partial charge in [0, 0.05) is 0 Å². The van der Waals surface area contributed by atoms with Gasteiger partial charge in [0.25, 0.3) is 0 Å².